The van der Waals surface area contributed by atoms with Crippen LogP contribution < -0.4 is 15.2 Å². The largest absolute Gasteiger partial charge is 0.493 e. The topological polar surface area (TPSA) is 82.6 Å². The van der Waals surface area contributed by atoms with E-state index in [-0.39, 0.29) is 24.7 Å². The Labute approximate surface area is 176 Å². The molecular weight excluding hydrogens is 409 g/mol. The Morgan fingerprint density at radius 3 is 2.65 bits per heavy atom. The second-order valence-electron chi connectivity index (χ2n) is 6.79. The molecule has 1 atom stereocenters. The molecule has 0 spiro atoms. The average molecular weight is 428 g/mol. The van der Waals surface area contributed by atoms with Crippen LogP contribution in [-0.2, 0) is 5.54 Å². The van der Waals surface area contributed by atoms with E-state index in [1.165, 1.54) is 12.3 Å². The zero-order valence-corrected chi connectivity index (χ0v) is 16.3. The molecule has 0 aliphatic carbocycles. The number of benzene rings is 1. The predicted molar refractivity (Wildman–Crippen MR) is 108 cm³/mol. The molecule has 9 heteroatoms. The number of rotatable bonds is 8. The third-order valence-electron chi connectivity index (χ3n) is 4.89. The van der Waals surface area contributed by atoms with Crippen molar-refractivity contribution < 1.29 is 22.6 Å². The Kier molecular flexibility index (Phi) is 5.75. The van der Waals surface area contributed by atoms with E-state index in [0.29, 0.717) is 28.1 Å². The molecule has 1 aliphatic rings. The van der Waals surface area contributed by atoms with Gasteiger partial charge in [0.2, 0.25) is 5.88 Å². The van der Waals surface area contributed by atoms with E-state index in [1.807, 2.05) is 12.1 Å². The molecule has 1 aromatic carbocycles. The molecule has 0 saturated heterocycles. The Bertz CT molecular complexity index is 1110. The number of pyridine rings is 2. The highest BCUT2D eigenvalue weighted by atomic mass is 19.3. The third-order valence-corrected chi connectivity index (χ3v) is 4.89. The molecule has 3 heterocycles. The van der Waals surface area contributed by atoms with Gasteiger partial charge in [-0.25, -0.2) is 9.98 Å². The quantitative estimate of drug-likeness (QED) is 0.552. The van der Waals surface area contributed by atoms with Gasteiger partial charge in [0.15, 0.2) is 0 Å². The highest BCUT2D eigenvalue weighted by molar-refractivity contribution is 6.01. The van der Waals surface area contributed by atoms with E-state index in [9.17, 15) is 13.2 Å². The molecule has 1 unspecified atom stereocenters. The van der Waals surface area contributed by atoms with E-state index < -0.39 is 18.8 Å². The number of ether oxygens (including phenoxy) is 2. The number of aromatic nitrogens is 2. The van der Waals surface area contributed by atoms with Crippen molar-refractivity contribution in [3.05, 3.63) is 83.3 Å². The van der Waals surface area contributed by atoms with Gasteiger partial charge in [-0.2, -0.15) is 8.78 Å². The Morgan fingerprint density at radius 1 is 1.00 bits per heavy atom. The molecule has 0 amide bonds. The number of alkyl halides is 3. The van der Waals surface area contributed by atoms with Crippen LogP contribution in [0.1, 0.15) is 28.8 Å². The van der Waals surface area contributed by atoms with Gasteiger partial charge in [0.05, 0.1) is 13.3 Å². The van der Waals surface area contributed by atoms with Crippen LogP contribution in [0.3, 0.4) is 0 Å². The minimum Gasteiger partial charge on any atom is -0.493 e. The lowest BCUT2D eigenvalue weighted by atomic mass is 9.78. The highest BCUT2D eigenvalue weighted by Gasteiger charge is 2.44. The van der Waals surface area contributed by atoms with Crippen molar-refractivity contribution in [2.45, 2.75) is 18.6 Å². The van der Waals surface area contributed by atoms with Crippen LogP contribution in [0.15, 0.2) is 65.9 Å². The number of fused-ring (bicyclic) bond motifs is 1. The molecular formula is C22H19F3N4O2. The van der Waals surface area contributed by atoms with Crippen LogP contribution >= 0.6 is 0 Å². The minimum absolute atomic E-state index is 0.215. The molecule has 4 rings (SSSR count). The van der Waals surface area contributed by atoms with Gasteiger partial charge in [-0.05, 0) is 35.4 Å². The summed E-state index contributed by atoms with van der Waals surface area (Å²) in [7, 11) is 0. The smallest absolute Gasteiger partial charge is 0.388 e. The minimum atomic E-state index is -3.02. The van der Waals surface area contributed by atoms with Crippen LogP contribution in [0.5, 0.6) is 11.6 Å². The lowest BCUT2D eigenvalue weighted by Gasteiger charge is -2.29. The van der Waals surface area contributed by atoms with E-state index in [2.05, 4.69) is 14.7 Å². The third kappa shape index (κ3) is 3.90. The summed E-state index contributed by atoms with van der Waals surface area (Å²) >= 11 is 0. The molecule has 2 N–H and O–H groups in total. The SMILES string of the molecule is NC1=NC(c2cccc(OCCCF)c2)(c2ccnc(OC(F)F)c2)c2cccnc21. The molecule has 0 saturated carbocycles. The van der Waals surface area contributed by atoms with Gasteiger partial charge in [0.25, 0.3) is 0 Å². The van der Waals surface area contributed by atoms with E-state index in [1.54, 1.807) is 36.5 Å². The van der Waals surface area contributed by atoms with Gasteiger partial charge in [0.1, 0.15) is 22.8 Å². The first-order chi connectivity index (χ1) is 15.0. The monoisotopic (exact) mass is 428 g/mol. The number of nitrogens with two attached hydrogens (primary N) is 1. The summed E-state index contributed by atoms with van der Waals surface area (Å²) in [6, 6.07) is 13.8. The maximum atomic E-state index is 12.8. The van der Waals surface area contributed by atoms with E-state index in [0.717, 1.165) is 0 Å². The second-order valence-corrected chi connectivity index (χ2v) is 6.79. The maximum Gasteiger partial charge on any atom is 0.388 e. The Morgan fingerprint density at radius 2 is 1.84 bits per heavy atom. The molecule has 0 bridgehead atoms. The van der Waals surface area contributed by atoms with Gasteiger partial charge in [-0.3, -0.25) is 9.37 Å². The van der Waals surface area contributed by atoms with Gasteiger partial charge in [0, 0.05) is 30.4 Å². The summed E-state index contributed by atoms with van der Waals surface area (Å²) < 4.78 is 48.2. The molecule has 1 aliphatic heterocycles. The molecule has 0 fully saturated rings. The first kappa shape index (κ1) is 20.6. The number of hydrogen-bond donors (Lipinski definition) is 1. The zero-order valence-electron chi connectivity index (χ0n) is 16.3. The van der Waals surface area contributed by atoms with Crippen molar-refractivity contribution in [2.24, 2.45) is 10.7 Å². The fourth-order valence-electron chi connectivity index (χ4n) is 3.65. The van der Waals surface area contributed by atoms with Crippen LogP contribution in [0.2, 0.25) is 0 Å². The van der Waals surface area contributed by atoms with Crippen molar-refractivity contribution >= 4 is 5.84 Å². The van der Waals surface area contributed by atoms with Gasteiger partial charge < -0.3 is 15.2 Å². The van der Waals surface area contributed by atoms with Gasteiger partial charge >= 0.3 is 6.61 Å². The van der Waals surface area contributed by atoms with E-state index in [4.69, 9.17) is 15.5 Å². The van der Waals surface area contributed by atoms with Crippen molar-refractivity contribution in [1.29, 1.82) is 0 Å². The maximum absolute atomic E-state index is 12.8. The molecule has 2 aromatic heterocycles. The fraction of sp³-hybridized carbons (Fsp3) is 0.227. The summed E-state index contributed by atoms with van der Waals surface area (Å²) in [5, 5.41) is 0. The van der Waals surface area contributed by atoms with Crippen molar-refractivity contribution in [2.75, 3.05) is 13.3 Å². The first-order valence-electron chi connectivity index (χ1n) is 9.56. The fourth-order valence-corrected chi connectivity index (χ4v) is 3.65. The number of halogens is 3. The van der Waals surface area contributed by atoms with Crippen molar-refractivity contribution in [3.63, 3.8) is 0 Å². The highest BCUT2D eigenvalue weighted by Crippen LogP contribution is 2.46. The number of amidine groups is 1. The second kappa shape index (κ2) is 8.63. The lowest BCUT2D eigenvalue weighted by molar-refractivity contribution is -0.0529. The normalized spacial score (nSPS) is 17.4. The van der Waals surface area contributed by atoms with Gasteiger partial charge in [-0.1, -0.05) is 18.2 Å². The van der Waals surface area contributed by atoms with Crippen LogP contribution in [0.25, 0.3) is 0 Å². The summed E-state index contributed by atoms with van der Waals surface area (Å²) in [6.07, 6.45) is 3.24. The zero-order chi connectivity index (χ0) is 21.8. The molecule has 160 valence electrons. The summed E-state index contributed by atoms with van der Waals surface area (Å²) in [6.45, 7) is -3.28. The lowest BCUT2D eigenvalue weighted by Crippen LogP contribution is -2.26. The first-order valence-corrected chi connectivity index (χ1v) is 9.56. The van der Waals surface area contributed by atoms with Crippen molar-refractivity contribution in [3.8, 4) is 11.6 Å². The number of hydrogen-bond acceptors (Lipinski definition) is 6. The molecule has 6 nitrogen and oxygen atoms in total. The molecule has 31 heavy (non-hydrogen) atoms. The molecule has 3 aromatic rings. The summed E-state index contributed by atoms with van der Waals surface area (Å²) in [5.41, 5.74) is 7.41. The summed E-state index contributed by atoms with van der Waals surface area (Å²) in [4.78, 5) is 12.9. The van der Waals surface area contributed by atoms with Crippen LogP contribution in [0.4, 0.5) is 13.2 Å². The summed E-state index contributed by atoms with van der Waals surface area (Å²) in [5.74, 6) is 0.496. The Balaban J connectivity index is 1.88. The van der Waals surface area contributed by atoms with Crippen molar-refractivity contribution in [1.82, 2.24) is 9.97 Å². The predicted octanol–water partition coefficient (Wildman–Crippen LogP) is 3.83. The number of aliphatic imine (C=N–C) groups is 1. The van der Waals surface area contributed by atoms with Crippen LogP contribution in [0, 0.1) is 0 Å². The molecule has 0 radical (unpaired) electrons. The standard InChI is InChI=1S/C22H19F3N4O2/c23-8-3-11-30-16-5-1-4-14(12-16)22(15-7-10-27-18(13-15)31-21(24)25)17-6-2-9-28-19(17)20(26)29-22/h1-2,4-7,9-10,12-13,21H,3,8,11H2,(H2,26,29). The Hall–Kier alpha value is -3.62. The average Bonchev–Trinajstić information content (AvgIpc) is 3.08. The van der Waals surface area contributed by atoms with E-state index >= 15 is 0 Å². The van der Waals surface area contributed by atoms with Crippen LogP contribution in [-0.4, -0.2) is 35.7 Å². The number of nitrogens with zero attached hydrogens (tertiary/aromatic N) is 3. The van der Waals surface area contributed by atoms with Gasteiger partial charge in [-0.15, -0.1) is 0 Å².